The van der Waals surface area contributed by atoms with Gasteiger partial charge in [-0.25, -0.2) is 0 Å². The van der Waals surface area contributed by atoms with Crippen molar-refractivity contribution in [1.82, 2.24) is 0 Å². The second-order valence-corrected chi connectivity index (χ2v) is 19.0. The number of benzene rings is 7. The normalized spacial score (nSPS) is 11.6. The van der Waals surface area contributed by atoms with Crippen molar-refractivity contribution in [2.75, 3.05) is 0 Å². The van der Waals surface area contributed by atoms with Crippen LogP contribution in [0.4, 0.5) is 0 Å². The molecule has 0 unspecified atom stereocenters. The quantitative estimate of drug-likeness (QED) is 0.130. The lowest BCUT2D eigenvalue weighted by Crippen LogP contribution is -2.14. The Morgan fingerprint density at radius 1 is 0.404 bits per heavy atom. The van der Waals surface area contributed by atoms with Crippen LogP contribution >= 0.6 is 30.1 Å². The predicted octanol–water partition coefficient (Wildman–Crippen LogP) is 16.4. The Balaban J connectivity index is 1.51. The minimum atomic E-state index is -0.0372. The molecule has 7 aromatic carbocycles. The highest BCUT2D eigenvalue weighted by Crippen LogP contribution is 2.45. The molecule has 2 heteroatoms. The van der Waals surface area contributed by atoms with Crippen molar-refractivity contribution in [2.45, 2.75) is 92.4 Å². The van der Waals surface area contributed by atoms with Gasteiger partial charge in [0.25, 0.3) is 0 Å². The molecule has 0 aromatic heterocycles. The first kappa shape index (κ1) is 40.8. The van der Waals surface area contributed by atoms with Gasteiger partial charge in [-0.2, -0.15) is 0 Å². The Bertz CT molecular complexity index is 2490. The average Bonchev–Trinajstić information content (AvgIpc) is 3.16. The van der Waals surface area contributed by atoms with Crippen molar-refractivity contribution in [3.63, 3.8) is 0 Å². The van der Waals surface area contributed by atoms with Crippen molar-refractivity contribution in [3.05, 3.63) is 194 Å². The van der Waals surface area contributed by atoms with E-state index in [9.17, 15) is 0 Å². The van der Waals surface area contributed by atoms with Gasteiger partial charge >= 0.3 is 0 Å². The summed E-state index contributed by atoms with van der Waals surface area (Å²) in [6.07, 6.45) is 1.66. The molecule has 0 nitrogen and oxygen atoms in total. The first-order valence-corrected chi connectivity index (χ1v) is 23.6. The minimum Gasteiger partial charge on any atom is -0.0620 e. The van der Waals surface area contributed by atoms with Crippen LogP contribution in [0.25, 0.3) is 44.5 Å². The largest absolute Gasteiger partial charge is 0.0620 e. The summed E-state index contributed by atoms with van der Waals surface area (Å²) < 4.78 is 0. The molecule has 0 atom stereocenters. The molecule has 0 bridgehead atoms. The van der Waals surface area contributed by atoms with E-state index < -0.39 is 0 Å². The molecule has 0 N–H and O–H groups in total. The maximum atomic E-state index is 2.56. The lowest BCUT2D eigenvalue weighted by Gasteiger charge is -2.26. The Morgan fingerprint density at radius 3 is 1.09 bits per heavy atom. The molecule has 0 fully saturated rings. The summed E-state index contributed by atoms with van der Waals surface area (Å²) in [5.74, 6) is 0. The lowest BCUT2D eigenvalue weighted by atomic mass is 9.80. The van der Waals surface area contributed by atoms with E-state index in [0.29, 0.717) is 0 Å². The third-order valence-electron chi connectivity index (χ3n) is 12.0. The number of aryl methyl sites for hydroxylation is 7. The zero-order valence-electron chi connectivity index (χ0n) is 35.3. The van der Waals surface area contributed by atoms with E-state index in [-0.39, 0.29) is 5.41 Å². The number of rotatable bonds is 9. The van der Waals surface area contributed by atoms with E-state index in [1.807, 2.05) is 8.93 Å². The Labute approximate surface area is 358 Å². The molecule has 0 amide bonds. The molecule has 0 saturated heterocycles. The summed E-state index contributed by atoms with van der Waals surface area (Å²) in [5, 5.41) is 0. The summed E-state index contributed by atoms with van der Waals surface area (Å²) >= 11 is 2.56. The smallest absolute Gasteiger partial charge is 0.0249 e. The van der Waals surface area contributed by atoms with Crippen molar-refractivity contribution in [1.29, 1.82) is 0 Å². The zero-order chi connectivity index (χ0) is 40.6. The average molecular weight is 875 g/mol. The fourth-order valence-corrected chi connectivity index (χ4v) is 11.2. The third-order valence-corrected chi connectivity index (χ3v) is 14.0. The maximum absolute atomic E-state index is 2.56. The van der Waals surface area contributed by atoms with Crippen LogP contribution in [0.5, 0.6) is 0 Å². The van der Waals surface area contributed by atoms with Crippen LogP contribution in [0.2, 0.25) is 0 Å². The van der Waals surface area contributed by atoms with E-state index in [1.54, 1.807) is 0 Å². The summed E-state index contributed by atoms with van der Waals surface area (Å²) in [4.78, 5) is 1.37. The van der Waals surface area contributed by atoms with Crippen molar-refractivity contribution in [3.8, 4) is 44.5 Å². The summed E-state index contributed by atoms with van der Waals surface area (Å²) in [6.45, 7) is 22.9. The van der Waals surface area contributed by atoms with E-state index in [1.165, 1.54) is 116 Å². The van der Waals surface area contributed by atoms with E-state index in [0.717, 1.165) is 12.8 Å². The van der Waals surface area contributed by atoms with E-state index in [4.69, 9.17) is 0 Å². The monoisotopic (exact) mass is 874 g/mol. The standard InChI is InChI=1S/C55H55IS/c1-34-18-11-12-25-44(34)45-26-16-27-46(51-35(2)19-13-20-36(51)3)49(45)32-41-30-43(55(8,9)10)31-42(54(41)57-56)33-50-47(52-37(4)21-14-22-38(52)5)28-17-29-48(50)53-39(6)23-15-24-40(53)7/h11-31H,32-33H2,1-10H3. The molecule has 0 aliphatic heterocycles. The molecule has 57 heavy (non-hydrogen) atoms. The highest BCUT2D eigenvalue weighted by Gasteiger charge is 2.25. The number of halogens is 1. The van der Waals surface area contributed by atoms with Gasteiger partial charge in [0, 0.05) is 26.1 Å². The molecule has 0 radical (unpaired) electrons. The van der Waals surface area contributed by atoms with Gasteiger partial charge in [-0.15, -0.1) is 0 Å². The summed E-state index contributed by atoms with van der Waals surface area (Å²) in [7, 11) is 1.88. The van der Waals surface area contributed by atoms with Crippen molar-refractivity contribution in [2.24, 2.45) is 0 Å². The van der Waals surface area contributed by atoms with Crippen LogP contribution in [0.3, 0.4) is 0 Å². The maximum Gasteiger partial charge on any atom is 0.0249 e. The topological polar surface area (TPSA) is 0 Å². The van der Waals surface area contributed by atoms with Crippen molar-refractivity contribution < 1.29 is 0 Å². The first-order valence-electron chi connectivity index (χ1n) is 20.2. The lowest BCUT2D eigenvalue weighted by molar-refractivity contribution is 0.587. The van der Waals surface area contributed by atoms with Crippen LogP contribution in [-0.4, -0.2) is 0 Å². The van der Waals surface area contributed by atoms with Gasteiger partial charge in [0.1, 0.15) is 0 Å². The van der Waals surface area contributed by atoms with Crippen LogP contribution in [-0.2, 0) is 18.3 Å². The summed E-state index contributed by atoms with van der Waals surface area (Å²) in [6, 6.07) is 48.1. The van der Waals surface area contributed by atoms with Gasteiger partial charge < -0.3 is 0 Å². The fraction of sp³-hybridized carbons (Fsp3) is 0.236. The second-order valence-electron chi connectivity index (χ2n) is 17.1. The molecule has 0 heterocycles. The van der Waals surface area contributed by atoms with Crippen LogP contribution in [0.1, 0.15) is 87.5 Å². The molecule has 288 valence electrons. The second kappa shape index (κ2) is 16.8. The van der Waals surface area contributed by atoms with E-state index >= 15 is 0 Å². The summed E-state index contributed by atoms with van der Waals surface area (Å²) in [5.41, 5.74) is 26.8. The van der Waals surface area contributed by atoms with Gasteiger partial charge in [0.15, 0.2) is 0 Å². The van der Waals surface area contributed by atoms with Crippen LogP contribution in [0, 0.1) is 48.5 Å². The SMILES string of the molecule is Cc1ccccc1-c1cccc(-c2c(C)cccc2C)c1Cc1cc(C(C)(C)C)cc(Cc2c(-c3c(C)cccc3C)cccc2-c2c(C)cccc2C)c1SI. The molecule has 0 spiro atoms. The Kier molecular flexibility index (Phi) is 12.1. The van der Waals surface area contributed by atoms with Gasteiger partial charge in [0.05, 0.1) is 0 Å². The molecule has 0 saturated carbocycles. The van der Waals surface area contributed by atoms with E-state index in [2.05, 4.69) is 218 Å². The van der Waals surface area contributed by atoms with Crippen LogP contribution in [0.15, 0.2) is 132 Å². The van der Waals surface area contributed by atoms with Gasteiger partial charge in [-0.1, -0.05) is 157 Å². The zero-order valence-corrected chi connectivity index (χ0v) is 38.3. The van der Waals surface area contributed by atoms with Crippen molar-refractivity contribution >= 4 is 30.1 Å². The molecule has 7 aromatic rings. The van der Waals surface area contributed by atoms with Crippen LogP contribution < -0.4 is 0 Å². The molecule has 0 aliphatic rings. The Hall–Kier alpha value is -4.38. The predicted molar refractivity (Wildman–Crippen MR) is 258 cm³/mol. The molecule has 7 rings (SSSR count). The highest BCUT2D eigenvalue weighted by atomic mass is 127. The third kappa shape index (κ3) is 8.18. The molecular formula is C55H55IS. The van der Waals surface area contributed by atoms with Gasteiger partial charge in [0.2, 0.25) is 0 Å². The minimum absolute atomic E-state index is 0.0372. The van der Waals surface area contributed by atoms with Gasteiger partial charge in [-0.05, 0) is 178 Å². The molecule has 0 aliphatic carbocycles. The number of hydrogen-bond donors (Lipinski definition) is 0. The fourth-order valence-electron chi connectivity index (χ4n) is 9.03. The Morgan fingerprint density at radius 2 is 0.719 bits per heavy atom. The highest BCUT2D eigenvalue weighted by molar-refractivity contribution is 14.2. The van der Waals surface area contributed by atoms with Gasteiger partial charge in [-0.3, -0.25) is 0 Å². The number of hydrogen-bond acceptors (Lipinski definition) is 1. The molecular weight excluding hydrogens is 820 g/mol. The first-order chi connectivity index (χ1) is 27.3.